The Balaban J connectivity index is 2.36. The number of benzene rings is 1. The van der Waals surface area contributed by atoms with E-state index in [-0.39, 0.29) is 32.8 Å². The molecule has 0 saturated heterocycles. The molecule has 0 saturated carbocycles. The highest BCUT2D eigenvalue weighted by atomic mass is 32.2. The number of anilines is 2. The zero-order valence-corrected chi connectivity index (χ0v) is 12.8. The van der Waals surface area contributed by atoms with Gasteiger partial charge < -0.3 is 5.73 Å². The standard InChI is InChI=1S/C12H12FN3O3S2/c1-6-9(13)3-8(4-10(6)14)21(18,19)16-12-15-11(5-20-12)7(2)17/h3-5H,14H2,1-2H3,(H,15,16). The van der Waals surface area contributed by atoms with Gasteiger partial charge in [0.1, 0.15) is 11.5 Å². The van der Waals surface area contributed by atoms with Gasteiger partial charge in [0, 0.05) is 23.6 Å². The zero-order chi connectivity index (χ0) is 15.8. The summed E-state index contributed by atoms with van der Waals surface area (Å²) in [5.41, 5.74) is 5.95. The van der Waals surface area contributed by atoms with Gasteiger partial charge in [0.15, 0.2) is 10.9 Å². The molecule has 2 aromatic rings. The smallest absolute Gasteiger partial charge is 0.263 e. The second kappa shape index (κ2) is 5.41. The van der Waals surface area contributed by atoms with Crippen LogP contribution in [0.4, 0.5) is 15.2 Å². The number of halogens is 1. The SMILES string of the molecule is CC(=O)c1csc(NS(=O)(=O)c2cc(N)c(C)c(F)c2)n1. The van der Waals surface area contributed by atoms with E-state index in [9.17, 15) is 17.6 Å². The Hall–Kier alpha value is -2.00. The van der Waals surface area contributed by atoms with Gasteiger partial charge in [-0.05, 0) is 19.1 Å². The lowest BCUT2D eigenvalue weighted by Gasteiger charge is -2.08. The number of hydrogen-bond donors (Lipinski definition) is 2. The van der Waals surface area contributed by atoms with Gasteiger partial charge in [-0.2, -0.15) is 0 Å². The monoisotopic (exact) mass is 329 g/mol. The summed E-state index contributed by atoms with van der Waals surface area (Å²) < 4.78 is 40.1. The molecule has 0 atom stereocenters. The summed E-state index contributed by atoms with van der Waals surface area (Å²) in [5.74, 6) is -0.985. The Morgan fingerprint density at radius 2 is 2.10 bits per heavy atom. The Kier molecular flexibility index (Phi) is 3.97. The number of Topliss-reactive ketones (excluding diaryl/α,β-unsaturated/α-hetero) is 1. The molecule has 0 spiro atoms. The van der Waals surface area contributed by atoms with Crippen LogP contribution in [-0.2, 0) is 10.0 Å². The van der Waals surface area contributed by atoms with E-state index in [1.54, 1.807) is 0 Å². The summed E-state index contributed by atoms with van der Waals surface area (Å²) in [4.78, 5) is 14.7. The summed E-state index contributed by atoms with van der Waals surface area (Å²) in [6, 6.07) is 2.05. The molecule has 0 aliphatic carbocycles. The number of nitrogens with one attached hydrogen (secondary N) is 1. The normalized spacial score (nSPS) is 11.4. The third kappa shape index (κ3) is 3.19. The maximum Gasteiger partial charge on any atom is 0.263 e. The molecule has 0 radical (unpaired) electrons. The van der Waals surface area contributed by atoms with E-state index in [1.807, 2.05) is 0 Å². The van der Waals surface area contributed by atoms with Crippen LogP contribution in [-0.4, -0.2) is 19.2 Å². The van der Waals surface area contributed by atoms with Crippen molar-refractivity contribution in [3.63, 3.8) is 0 Å². The average Bonchev–Trinajstić information content (AvgIpc) is 2.83. The van der Waals surface area contributed by atoms with Crippen LogP contribution in [0.25, 0.3) is 0 Å². The number of nitrogens with two attached hydrogens (primary N) is 1. The molecule has 0 aliphatic rings. The van der Waals surface area contributed by atoms with E-state index < -0.39 is 15.8 Å². The van der Waals surface area contributed by atoms with E-state index in [1.165, 1.54) is 25.3 Å². The molecule has 0 fully saturated rings. The fourth-order valence-electron chi connectivity index (χ4n) is 1.49. The van der Waals surface area contributed by atoms with Crippen LogP contribution in [0.3, 0.4) is 0 Å². The number of carbonyl (C=O) groups excluding carboxylic acids is 1. The number of carbonyl (C=O) groups is 1. The van der Waals surface area contributed by atoms with Gasteiger partial charge in [0.2, 0.25) is 0 Å². The van der Waals surface area contributed by atoms with Crippen molar-refractivity contribution in [3.05, 3.63) is 34.6 Å². The van der Waals surface area contributed by atoms with Crippen LogP contribution < -0.4 is 10.5 Å². The van der Waals surface area contributed by atoms with Crippen molar-refractivity contribution in [2.24, 2.45) is 0 Å². The number of sulfonamides is 1. The third-order valence-electron chi connectivity index (χ3n) is 2.75. The second-order valence-electron chi connectivity index (χ2n) is 4.32. The predicted octanol–water partition coefficient (Wildman–Crippen LogP) is 2.18. The molecule has 9 heteroatoms. The maximum absolute atomic E-state index is 13.6. The molecule has 0 unspecified atom stereocenters. The molecule has 0 amide bonds. The van der Waals surface area contributed by atoms with E-state index in [0.717, 1.165) is 17.4 Å². The fourth-order valence-corrected chi connectivity index (χ4v) is 3.53. The number of hydrogen-bond acceptors (Lipinski definition) is 6. The quantitative estimate of drug-likeness (QED) is 0.661. The van der Waals surface area contributed by atoms with Crippen LogP contribution in [0.2, 0.25) is 0 Å². The van der Waals surface area contributed by atoms with Crippen LogP contribution in [0.5, 0.6) is 0 Å². The van der Waals surface area contributed by atoms with Gasteiger partial charge in [-0.25, -0.2) is 17.8 Å². The van der Waals surface area contributed by atoms with Gasteiger partial charge in [-0.15, -0.1) is 11.3 Å². The fraction of sp³-hybridized carbons (Fsp3) is 0.167. The lowest BCUT2D eigenvalue weighted by Crippen LogP contribution is -2.14. The summed E-state index contributed by atoms with van der Waals surface area (Å²) in [6.45, 7) is 2.78. The summed E-state index contributed by atoms with van der Waals surface area (Å²) in [7, 11) is -4.02. The number of aromatic nitrogens is 1. The van der Waals surface area contributed by atoms with E-state index in [0.29, 0.717) is 0 Å². The largest absolute Gasteiger partial charge is 0.398 e. The van der Waals surface area contributed by atoms with Crippen molar-refractivity contribution in [2.45, 2.75) is 18.7 Å². The molecule has 112 valence electrons. The first kappa shape index (κ1) is 15.4. The molecule has 0 aliphatic heterocycles. The summed E-state index contributed by atoms with van der Waals surface area (Å²) in [6.07, 6.45) is 0. The van der Waals surface area contributed by atoms with Gasteiger partial charge >= 0.3 is 0 Å². The number of ketones is 1. The lowest BCUT2D eigenvalue weighted by molar-refractivity contribution is 0.101. The zero-order valence-electron chi connectivity index (χ0n) is 11.2. The van der Waals surface area contributed by atoms with Crippen molar-refractivity contribution in [3.8, 4) is 0 Å². The van der Waals surface area contributed by atoms with Crippen LogP contribution in [0.1, 0.15) is 23.0 Å². The van der Waals surface area contributed by atoms with Crippen molar-refractivity contribution in [1.29, 1.82) is 0 Å². The minimum Gasteiger partial charge on any atom is -0.398 e. The average molecular weight is 329 g/mol. The van der Waals surface area contributed by atoms with E-state index >= 15 is 0 Å². The molecule has 0 bridgehead atoms. The first-order valence-corrected chi connectivity index (χ1v) is 8.12. The number of nitrogen functional groups attached to an aromatic ring is 1. The highest BCUT2D eigenvalue weighted by Gasteiger charge is 2.19. The molecule has 6 nitrogen and oxygen atoms in total. The molecule has 2 rings (SSSR count). The Morgan fingerprint density at radius 1 is 1.43 bits per heavy atom. The molecule has 3 N–H and O–H groups in total. The Morgan fingerprint density at radius 3 is 2.62 bits per heavy atom. The number of thiazole rings is 1. The van der Waals surface area contributed by atoms with Gasteiger partial charge in [0.25, 0.3) is 10.0 Å². The minimum absolute atomic E-state index is 0.0276. The molecule has 21 heavy (non-hydrogen) atoms. The van der Waals surface area contributed by atoms with E-state index in [2.05, 4.69) is 9.71 Å². The van der Waals surface area contributed by atoms with Crippen molar-refractivity contribution in [2.75, 3.05) is 10.5 Å². The topological polar surface area (TPSA) is 102 Å². The van der Waals surface area contributed by atoms with Crippen LogP contribution in [0, 0.1) is 12.7 Å². The second-order valence-corrected chi connectivity index (χ2v) is 6.86. The Bertz CT molecular complexity index is 792. The molecular weight excluding hydrogens is 317 g/mol. The van der Waals surface area contributed by atoms with E-state index in [4.69, 9.17) is 5.73 Å². The molecule has 1 heterocycles. The molecule has 1 aromatic heterocycles. The van der Waals surface area contributed by atoms with Gasteiger partial charge in [-0.1, -0.05) is 0 Å². The maximum atomic E-state index is 13.6. The highest BCUT2D eigenvalue weighted by Crippen LogP contribution is 2.24. The summed E-state index contributed by atoms with van der Waals surface area (Å²) in [5, 5.41) is 1.46. The minimum atomic E-state index is -4.02. The molecular formula is C12H12FN3O3S2. The predicted molar refractivity (Wildman–Crippen MR) is 78.5 cm³/mol. The first-order valence-electron chi connectivity index (χ1n) is 5.75. The van der Waals surface area contributed by atoms with Crippen molar-refractivity contribution >= 4 is 38.0 Å². The van der Waals surface area contributed by atoms with Crippen molar-refractivity contribution in [1.82, 2.24) is 4.98 Å². The number of rotatable bonds is 4. The summed E-state index contributed by atoms with van der Waals surface area (Å²) >= 11 is 0.964. The van der Waals surface area contributed by atoms with Crippen LogP contribution >= 0.6 is 11.3 Å². The van der Waals surface area contributed by atoms with Crippen molar-refractivity contribution < 1.29 is 17.6 Å². The molecule has 1 aromatic carbocycles. The van der Waals surface area contributed by atoms with Gasteiger partial charge in [0.05, 0.1) is 4.90 Å². The first-order chi connectivity index (χ1) is 9.70. The number of nitrogens with zero attached hydrogens (tertiary/aromatic N) is 1. The third-order valence-corrected chi connectivity index (χ3v) is 4.96. The Labute approximate surface area is 124 Å². The van der Waals surface area contributed by atoms with Crippen LogP contribution in [0.15, 0.2) is 22.4 Å². The highest BCUT2D eigenvalue weighted by molar-refractivity contribution is 7.93. The van der Waals surface area contributed by atoms with Gasteiger partial charge in [-0.3, -0.25) is 9.52 Å². The lowest BCUT2D eigenvalue weighted by atomic mass is 10.2.